The normalized spacial score (nSPS) is 14.1. The molecule has 0 radical (unpaired) electrons. The van der Waals surface area contributed by atoms with Gasteiger partial charge in [0.1, 0.15) is 0 Å². The Morgan fingerprint density at radius 1 is 0.413 bits per heavy atom. The van der Waals surface area contributed by atoms with Crippen molar-refractivity contribution < 1.29 is 0 Å². The molecule has 0 saturated heterocycles. The molecule has 2 aromatic heterocycles. The summed E-state index contributed by atoms with van der Waals surface area (Å²) >= 11 is 0. The minimum Gasteiger partial charge on any atom is -0.337 e. The number of allylic oxidation sites excluding steroid dienone is 4. The van der Waals surface area contributed by atoms with Crippen molar-refractivity contribution in [1.82, 2.24) is 14.5 Å². The van der Waals surface area contributed by atoms with Gasteiger partial charge in [0.25, 0.3) is 0 Å². The molecule has 8 aromatic carbocycles. The van der Waals surface area contributed by atoms with Crippen LogP contribution >= 0.6 is 0 Å². The Labute approximate surface area is 367 Å². The van der Waals surface area contributed by atoms with Crippen LogP contribution in [0.2, 0.25) is 0 Å². The van der Waals surface area contributed by atoms with Crippen LogP contribution in [0.15, 0.2) is 237 Å². The highest BCUT2D eigenvalue weighted by Gasteiger charge is 2.19. The second-order valence-electron chi connectivity index (χ2n) is 15.9. The first-order valence-corrected chi connectivity index (χ1v) is 21.4. The predicted octanol–water partition coefficient (Wildman–Crippen LogP) is 15.0. The molecule has 1 aliphatic heterocycles. The number of hydrogen-bond donors (Lipinski definition) is 0. The molecule has 0 N–H and O–H groups in total. The van der Waals surface area contributed by atoms with E-state index in [-0.39, 0.29) is 0 Å². The first kappa shape index (κ1) is 37.6. The van der Waals surface area contributed by atoms with Crippen LogP contribution in [0, 0.1) is 0 Å². The maximum absolute atomic E-state index is 5.09. The molecule has 298 valence electrons. The van der Waals surface area contributed by atoms with Gasteiger partial charge in [-0.15, -0.1) is 0 Å². The van der Waals surface area contributed by atoms with Crippen molar-refractivity contribution >= 4 is 44.3 Å². The highest BCUT2D eigenvalue weighted by atomic mass is 15.1. The number of para-hydroxylation sites is 2. The number of hydrogen-bond acceptors (Lipinski definition) is 3. The minimum absolute atomic E-state index is 0.653. The number of aromatic nitrogens is 3. The zero-order valence-corrected chi connectivity index (χ0v) is 34.6. The lowest BCUT2D eigenvalue weighted by Gasteiger charge is -2.26. The standard InChI is InChI=1S/C59H42N4/c1-41-25-26-44(48-31-36-58-53(39-48)52-22-12-14-24-57(52)63(58)50-34-27-43(28-35-50)42-15-5-2-6-16-42)37-38-62(56-23-13-11-21-51(41)56)49-32-29-46(30-33-49)55-40-54(45-17-7-3-8-18-45)60-59(61-55)47-19-9-4-10-20-47/h2-37,39-40H,1,38H2/b26-25-,44-37+. The summed E-state index contributed by atoms with van der Waals surface area (Å²) < 4.78 is 2.38. The Balaban J connectivity index is 0.963. The topological polar surface area (TPSA) is 34.0 Å². The lowest BCUT2D eigenvalue weighted by Crippen LogP contribution is -2.18. The Bertz CT molecular complexity index is 3290. The van der Waals surface area contributed by atoms with Gasteiger partial charge in [-0.25, -0.2) is 9.97 Å². The fourth-order valence-corrected chi connectivity index (χ4v) is 8.82. The van der Waals surface area contributed by atoms with Gasteiger partial charge in [0.05, 0.1) is 22.4 Å². The number of fused-ring (bicyclic) bond motifs is 4. The first-order chi connectivity index (χ1) is 31.1. The van der Waals surface area contributed by atoms with Gasteiger partial charge < -0.3 is 9.47 Å². The van der Waals surface area contributed by atoms with Crippen LogP contribution in [0.5, 0.6) is 0 Å². The summed E-state index contributed by atoms with van der Waals surface area (Å²) in [6.07, 6.45) is 6.71. The van der Waals surface area contributed by atoms with E-state index in [0.717, 1.165) is 67.4 Å². The quantitative estimate of drug-likeness (QED) is 0.161. The molecule has 0 aliphatic carbocycles. The highest BCUT2D eigenvalue weighted by molar-refractivity contribution is 6.10. The fraction of sp³-hybridized carbons (Fsp3) is 0.0169. The molecule has 11 rings (SSSR count). The molecule has 0 bridgehead atoms. The lowest BCUT2D eigenvalue weighted by atomic mass is 10.00. The van der Waals surface area contributed by atoms with Gasteiger partial charge in [-0.1, -0.05) is 183 Å². The molecule has 0 spiro atoms. The van der Waals surface area contributed by atoms with E-state index < -0.39 is 0 Å². The predicted molar refractivity (Wildman–Crippen MR) is 264 cm³/mol. The van der Waals surface area contributed by atoms with Crippen LogP contribution in [0.3, 0.4) is 0 Å². The summed E-state index contributed by atoms with van der Waals surface area (Å²) in [6, 6.07) is 75.0. The van der Waals surface area contributed by atoms with Gasteiger partial charge in [0.15, 0.2) is 5.82 Å². The van der Waals surface area contributed by atoms with Crippen molar-refractivity contribution in [1.29, 1.82) is 0 Å². The van der Waals surface area contributed by atoms with Crippen LogP contribution in [0.25, 0.3) is 83.7 Å². The van der Waals surface area contributed by atoms with Crippen molar-refractivity contribution in [2.24, 2.45) is 0 Å². The van der Waals surface area contributed by atoms with Crippen LogP contribution in [-0.4, -0.2) is 21.1 Å². The Hall–Kier alpha value is -8.34. The van der Waals surface area contributed by atoms with Crippen LogP contribution in [0.4, 0.5) is 11.4 Å². The van der Waals surface area contributed by atoms with Crippen molar-refractivity contribution in [3.05, 3.63) is 248 Å². The van der Waals surface area contributed by atoms with Crippen LogP contribution in [-0.2, 0) is 0 Å². The Morgan fingerprint density at radius 2 is 0.952 bits per heavy atom. The molecule has 0 fully saturated rings. The summed E-state index contributed by atoms with van der Waals surface area (Å²) in [5.74, 6) is 0.703. The molecule has 1 aliphatic rings. The van der Waals surface area contributed by atoms with E-state index in [1.807, 2.05) is 36.4 Å². The monoisotopic (exact) mass is 806 g/mol. The maximum atomic E-state index is 5.09. The fourth-order valence-electron chi connectivity index (χ4n) is 8.82. The second-order valence-corrected chi connectivity index (χ2v) is 15.9. The van der Waals surface area contributed by atoms with E-state index in [4.69, 9.17) is 9.97 Å². The molecular weight excluding hydrogens is 765 g/mol. The zero-order chi connectivity index (χ0) is 42.1. The van der Waals surface area contributed by atoms with Gasteiger partial charge in [0.2, 0.25) is 0 Å². The third-order valence-corrected chi connectivity index (χ3v) is 12.0. The third-order valence-electron chi connectivity index (χ3n) is 12.0. The Morgan fingerprint density at radius 3 is 1.68 bits per heavy atom. The van der Waals surface area contributed by atoms with Gasteiger partial charge >= 0.3 is 0 Å². The van der Waals surface area contributed by atoms with E-state index in [2.05, 4.69) is 210 Å². The van der Waals surface area contributed by atoms with Crippen molar-refractivity contribution in [3.63, 3.8) is 0 Å². The second kappa shape index (κ2) is 16.3. The SMILES string of the molecule is C=C1/C=C\C(c2ccc3c(c2)c2ccccc2n3-c2ccc(-c3ccccc3)cc2)=C/CN(c2ccc(-c3cc(-c4ccccc4)nc(-c4ccccc4)n3)cc2)c2ccccc21. The first-order valence-electron chi connectivity index (χ1n) is 21.4. The lowest BCUT2D eigenvalue weighted by molar-refractivity contribution is 1.09. The van der Waals surface area contributed by atoms with Crippen LogP contribution in [0.1, 0.15) is 11.1 Å². The van der Waals surface area contributed by atoms with E-state index in [1.54, 1.807) is 0 Å². The largest absolute Gasteiger partial charge is 0.337 e. The summed E-state index contributed by atoms with van der Waals surface area (Å²) in [4.78, 5) is 12.5. The molecule has 3 heterocycles. The molecule has 10 aromatic rings. The van der Waals surface area contributed by atoms with Crippen molar-refractivity contribution in [2.45, 2.75) is 0 Å². The van der Waals surface area contributed by atoms with Crippen LogP contribution < -0.4 is 4.90 Å². The summed E-state index contributed by atoms with van der Waals surface area (Å²) in [5, 5.41) is 2.44. The van der Waals surface area contributed by atoms with E-state index in [9.17, 15) is 0 Å². The molecule has 0 atom stereocenters. The average Bonchev–Trinajstić information content (AvgIpc) is 3.72. The number of anilines is 2. The molecule has 63 heavy (non-hydrogen) atoms. The number of benzene rings is 8. The van der Waals surface area contributed by atoms with E-state index in [0.29, 0.717) is 12.4 Å². The van der Waals surface area contributed by atoms with Gasteiger partial charge in [-0.2, -0.15) is 0 Å². The average molecular weight is 807 g/mol. The number of rotatable bonds is 7. The molecule has 4 nitrogen and oxygen atoms in total. The van der Waals surface area contributed by atoms with Gasteiger partial charge in [0, 0.05) is 56.6 Å². The third kappa shape index (κ3) is 7.24. The van der Waals surface area contributed by atoms with E-state index in [1.165, 1.54) is 32.9 Å². The van der Waals surface area contributed by atoms with Gasteiger partial charge in [-0.05, 0) is 82.4 Å². The van der Waals surface area contributed by atoms with Crippen molar-refractivity contribution in [2.75, 3.05) is 11.4 Å². The van der Waals surface area contributed by atoms with Gasteiger partial charge in [-0.3, -0.25) is 0 Å². The minimum atomic E-state index is 0.653. The van der Waals surface area contributed by atoms with E-state index >= 15 is 0 Å². The zero-order valence-electron chi connectivity index (χ0n) is 34.6. The van der Waals surface area contributed by atoms with Crippen molar-refractivity contribution in [3.8, 4) is 50.7 Å². The summed E-state index contributed by atoms with van der Waals surface area (Å²) in [6.45, 7) is 5.22. The summed E-state index contributed by atoms with van der Waals surface area (Å²) in [7, 11) is 0. The molecule has 0 unspecified atom stereocenters. The maximum Gasteiger partial charge on any atom is 0.160 e. The highest BCUT2D eigenvalue weighted by Crippen LogP contribution is 2.38. The molecular formula is C59H42N4. The Kier molecular flexibility index (Phi) is 9.72. The summed E-state index contributed by atoms with van der Waals surface area (Å²) in [5.41, 5.74) is 17.3. The molecule has 0 saturated carbocycles. The smallest absolute Gasteiger partial charge is 0.160 e. The number of nitrogens with zero attached hydrogens (tertiary/aromatic N) is 4. The molecule has 0 amide bonds. The molecule has 4 heteroatoms.